The molecule has 3 aliphatic rings. The largest absolute Gasteiger partial charge is 0.504 e. The lowest BCUT2D eigenvalue weighted by atomic mass is 9.76. The first kappa shape index (κ1) is 17.6. The SMILES string of the molecule is O=C1C(O)=C(c2ccccc2)[C@]12CS[C@@]1(CS2)C(=O)C(O)=C1c1ccccc1. The molecular weight excluding hydrogens is 392 g/mol. The van der Waals surface area contributed by atoms with Gasteiger partial charge in [0.2, 0.25) is 11.6 Å². The fourth-order valence-corrected chi connectivity index (χ4v) is 7.77. The van der Waals surface area contributed by atoms with Crippen LogP contribution in [0.1, 0.15) is 11.1 Å². The van der Waals surface area contributed by atoms with Crippen molar-refractivity contribution in [3.8, 4) is 0 Å². The van der Waals surface area contributed by atoms with E-state index >= 15 is 0 Å². The Morgan fingerprint density at radius 1 is 0.643 bits per heavy atom. The van der Waals surface area contributed by atoms with Gasteiger partial charge in [-0.05, 0) is 11.1 Å². The highest BCUT2D eigenvalue weighted by Gasteiger charge is 2.65. The minimum Gasteiger partial charge on any atom is -0.504 e. The zero-order chi connectivity index (χ0) is 19.5. The van der Waals surface area contributed by atoms with Gasteiger partial charge in [0.1, 0.15) is 9.49 Å². The summed E-state index contributed by atoms with van der Waals surface area (Å²) >= 11 is 2.80. The monoisotopic (exact) mass is 408 g/mol. The summed E-state index contributed by atoms with van der Waals surface area (Å²) in [6.07, 6.45) is 0. The Morgan fingerprint density at radius 3 is 1.32 bits per heavy atom. The Labute approximate surface area is 170 Å². The first-order valence-corrected chi connectivity index (χ1v) is 10.8. The highest BCUT2D eigenvalue weighted by Crippen LogP contribution is 2.63. The van der Waals surface area contributed by atoms with E-state index in [2.05, 4.69) is 0 Å². The van der Waals surface area contributed by atoms with Gasteiger partial charge in [0, 0.05) is 22.7 Å². The van der Waals surface area contributed by atoms with Crippen LogP contribution in [-0.4, -0.2) is 42.8 Å². The van der Waals surface area contributed by atoms with E-state index in [4.69, 9.17) is 0 Å². The van der Waals surface area contributed by atoms with Crippen LogP contribution >= 0.6 is 23.5 Å². The summed E-state index contributed by atoms with van der Waals surface area (Å²) < 4.78 is -1.68. The molecule has 2 aromatic rings. The van der Waals surface area contributed by atoms with E-state index in [0.29, 0.717) is 22.7 Å². The summed E-state index contributed by atoms with van der Waals surface area (Å²) in [6, 6.07) is 18.8. The summed E-state index contributed by atoms with van der Waals surface area (Å²) in [5.41, 5.74) is 2.94. The fraction of sp³-hybridized carbons (Fsp3) is 0.182. The summed E-state index contributed by atoms with van der Waals surface area (Å²) in [7, 11) is 0. The fourth-order valence-electron chi connectivity index (χ4n) is 4.13. The van der Waals surface area contributed by atoms with Crippen LogP contribution in [0.25, 0.3) is 11.1 Å². The molecule has 1 heterocycles. The standard InChI is InChI=1S/C22H16O4S2/c23-17-15(13-7-3-1-4-8-13)21(19(17)25)11-28-22(12-27-21)16(18(24)20(22)26)14-9-5-2-6-10-14/h1-10,23-24H,11-12H2/t21-,22-/m1/s1. The quantitative estimate of drug-likeness (QED) is 0.781. The van der Waals surface area contributed by atoms with E-state index < -0.39 is 9.49 Å². The lowest BCUT2D eigenvalue weighted by molar-refractivity contribution is -0.121. The average Bonchev–Trinajstić information content (AvgIpc) is 2.76. The van der Waals surface area contributed by atoms with Crippen LogP contribution in [0.15, 0.2) is 72.2 Å². The van der Waals surface area contributed by atoms with Crippen LogP contribution in [0.4, 0.5) is 0 Å². The second-order valence-corrected chi connectivity index (χ2v) is 9.62. The van der Waals surface area contributed by atoms with Crippen molar-refractivity contribution in [2.45, 2.75) is 9.49 Å². The Hall–Kier alpha value is -2.44. The van der Waals surface area contributed by atoms with Gasteiger partial charge in [0.25, 0.3) is 0 Å². The predicted molar refractivity (Wildman–Crippen MR) is 112 cm³/mol. The van der Waals surface area contributed by atoms with E-state index in [-0.39, 0.29) is 23.1 Å². The van der Waals surface area contributed by atoms with Crippen LogP contribution < -0.4 is 0 Å². The molecular formula is C22H16O4S2. The molecule has 2 atom stereocenters. The summed E-state index contributed by atoms with van der Waals surface area (Å²) in [5, 5.41) is 20.5. The van der Waals surface area contributed by atoms with Crippen molar-refractivity contribution < 1.29 is 19.8 Å². The molecule has 28 heavy (non-hydrogen) atoms. The third-order valence-corrected chi connectivity index (χ3v) is 9.19. The van der Waals surface area contributed by atoms with Gasteiger partial charge in [-0.25, -0.2) is 0 Å². The molecule has 0 unspecified atom stereocenters. The first-order chi connectivity index (χ1) is 13.5. The Bertz CT molecular complexity index is 975. The number of carbonyl (C=O) groups is 2. The van der Waals surface area contributed by atoms with Gasteiger partial charge in [-0.1, -0.05) is 60.7 Å². The molecule has 140 valence electrons. The number of hydrogen-bond donors (Lipinski definition) is 2. The van der Waals surface area contributed by atoms with Gasteiger partial charge in [-0.15, -0.1) is 23.5 Å². The molecule has 0 aromatic heterocycles. The molecule has 2 aliphatic carbocycles. The average molecular weight is 409 g/mol. The smallest absolute Gasteiger partial charge is 0.218 e. The third kappa shape index (κ3) is 2.10. The molecule has 2 N–H and O–H groups in total. The molecule has 0 amide bonds. The van der Waals surface area contributed by atoms with E-state index in [1.807, 2.05) is 60.7 Å². The molecule has 2 spiro atoms. The molecule has 0 saturated carbocycles. The second kappa shape index (κ2) is 6.03. The van der Waals surface area contributed by atoms with Crippen molar-refractivity contribution in [2.24, 2.45) is 0 Å². The summed E-state index contributed by atoms with van der Waals surface area (Å²) in [4.78, 5) is 25.3. The molecule has 2 aromatic carbocycles. The number of benzene rings is 2. The maximum Gasteiger partial charge on any atom is 0.218 e. The van der Waals surface area contributed by atoms with Crippen molar-refractivity contribution in [1.82, 2.24) is 0 Å². The van der Waals surface area contributed by atoms with Crippen LogP contribution in [0.3, 0.4) is 0 Å². The molecule has 1 fully saturated rings. The first-order valence-electron chi connectivity index (χ1n) is 8.87. The third-order valence-electron chi connectivity index (χ3n) is 5.61. The highest BCUT2D eigenvalue weighted by molar-refractivity contribution is 8.10. The van der Waals surface area contributed by atoms with Crippen molar-refractivity contribution in [2.75, 3.05) is 11.5 Å². The van der Waals surface area contributed by atoms with Crippen LogP contribution in [0, 0.1) is 0 Å². The van der Waals surface area contributed by atoms with Gasteiger partial charge in [0.15, 0.2) is 11.5 Å². The van der Waals surface area contributed by atoms with Gasteiger partial charge in [-0.2, -0.15) is 0 Å². The lowest BCUT2D eigenvalue weighted by Crippen LogP contribution is -2.59. The number of thioether (sulfide) groups is 2. The minimum atomic E-state index is -0.839. The maximum absolute atomic E-state index is 12.6. The van der Waals surface area contributed by atoms with Crippen molar-refractivity contribution in [3.63, 3.8) is 0 Å². The van der Waals surface area contributed by atoms with E-state index in [1.165, 1.54) is 23.5 Å². The van der Waals surface area contributed by atoms with Gasteiger partial charge < -0.3 is 10.2 Å². The molecule has 5 rings (SSSR count). The number of Topliss-reactive ketones (excluding diaryl/α,β-unsaturated/α-hetero) is 2. The predicted octanol–water partition coefficient (Wildman–Crippen LogP) is 4.05. The van der Waals surface area contributed by atoms with Crippen LogP contribution in [0.2, 0.25) is 0 Å². The highest BCUT2D eigenvalue weighted by atomic mass is 32.2. The topological polar surface area (TPSA) is 74.6 Å². The van der Waals surface area contributed by atoms with Crippen molar-refractivity contribution in [3.05, 3.63) is 83.3 Å². The molecule has 4 nitrogen and oxygen atoms in total. The van der Waals surface area contributed by atoms with Crippen molar-refractivity contribution >= 4 is 46.2 Å². The molecule has 1 saturated heterocycles. The maximum atomic E-state index is 12.6. The number of aliphatic hydroxyl groups excluding tert-OH is 2. The Balaban J connectivity index is 1.49. The number of ketones is 2. The summed E-state index contributed by atoms with van der Waals surface area (Å²) in [5.74, 6) is -0.172. The number of carbonyl (C=O) groups excluding carboxylic acids is 2. The Kier molecular flexibility index (Phi) is 3.80. The zero-order valence-corrected chi connectivity index (χ0v) is 16.3. The number of rotatable bonds is 2. The van der Waals surface area contributed by atoms with Crippen LogP contribution in [-0.2, 0) is 9.59 Å². The number of aliphatic hydroxyl groups is 2. The normalized spacial score (nSPS) is 29.3. The van der Waals surface area contributed by atoms with Crippen LogP contribution in [0.5, 0.6) is 0 Å². The number of hydrogen-bond acceptors (Lipinski definition) is 6. The van der Waals surface area contributed by atoms with E-state index in [0.717, 1.165) is 11.1 Å². The lowest BCUT2D eigenvalue weighted by Gasteiger charge is -2.51. The zero-order valence-electron chi connectivity index (χ0n) is 14.7. The molecule has 6 heteroatoms. The van der Waals surface area contributed by atoms with Gasteiger partial charge in [-0.3, -0.25) is 9.59 Å². The van der Waals surface area contributed by atoms with E-state index in [9.17, 15) is 19.8 Å². The Morgan fingerprint density at radius 2 is 1.00 bits per heavy atom. The van der Waals surface area contributed by atoms with Gasteiger partial charge in [0.05, 0.1) is 0 Å². The molecule has 0 bridgehead atoms. The summed E-state index contributed by atoms with van der Waals surface area (Å²) in [6.45, 7) is 0. The molecule has 1 aliphatic heterocycles. The second-order valence-electron chi connectivity index (χ2n) is 7.07. The van der Waals surface area contributed by atoms with E-state index in [1.54, 1.807) is 0 Å². The molecule has 0 radical (unpaired) electrons. The number of allylic oxidation sites excluding steroid dienone is 2. The van der Waals surface area contributed by atoms with Crippen molar-refractivity contribution in [1.29, 1.82) is 0 Å². The minimum absolute atomic E-state index is 0.183. The van der Waals surface area contributed by atoms with Gasteiger partial charge >= 0.3 is 0 Å².